The van der Waals surface area contributed by atoms with E-state index in [9.17, 15) is 9.59 Å². The minimum Gasteiger partial charge on any atom is -0.307 e. The SMILES string of the molecule is CC(C)c1cccc(C(C)C)c1-n1c(-c2ccc(-c3cc4c(=O)c5ccc(C(C)(C)C)cc5n5c6cc(C(C)(C)C)ccc6c(=O)c(c3)c45)cc2)nc2ccccc21. The molecule has 0 atom stereocenters. The van der Waals surface area contributed by atoms with Gasteiger partial charge in [-0.2, -0.15) is 0 Å². The van der Waals surface area contributed by atoms with Gasteiger partial charge in [0, 0.05) is 27.1 Å². The molecule has 0 aliphatic carbocycles. The molecule has 0 radical (unpaired) electrons. The van der Waals surface area contributed by atoms with Gasteiger partial charge in [0.25, 0.3) is 0 Å². The summed E-state index contributed by atoms with van der Waals surface area (Å²) in [5.74, 6) is 1.51. The molecule has 3 heterocycles. The smallest absolute Gasteiger partial charge is 0.197 e. The van der Waals surface area contributed by atoms with Crippen LogP contribution in [0.15, 0.2) is 125 Å². The number of hydrogen-bond acceptors (Lipinski definition) is 3. The summed E-state index contributed by atoms with van der Waals surface area (Å²) in [5.41, 5.74) is 12.7. The van der Waals surface area contributed by atoms with Crippen LogP contribution in [0.25, 0.3) is 77.3 Å². The summed E-state index contributed by atoms with van der Waals surface area (Å²) in [7, 11) is 0. The van der Waals surface area contributed by atoms with E-state index >= 15 is 0 Å². The molecule has 0 unspecified atom stereocenters. The van der Waals surface area contributed by atoms with Crippen molar-refractivity contribution in [2.75, 3.05) is 0 Å². The zero-order valence-electron chi connectivity index (χ0n) is 35.3. The van der Waals surface area contributed by atoms with Crippen LogP contribution in [-0.2, 0) is 10.8 Å². The highest BCUT2D eigenvalue weighted by Gasteiger charge is 2.25. The van der Waals surface area contributed by atoms with E-state index in [4.69, 9.17) is 4.98 Å². The maximum atomic E-state index is 14.6. The van der Waals surface area contributed by atoms with Crippen LogP contribution < -0.4 is 10.9 Å². The van der Waals surface area contributed by atoms with Gasteiger partial charge < -0.3 is 4.40 Å². The molecule has 290 valence electrons. The third-order valence-electron chi connectivity index (χ3n) is 12.1. The molecule has 9 rings (SSSR count). The second-order valence-electron chi connectivity index (χ2n) is 18.8. The van der Waals surface area contributed by atoms with Gasteiger partial charge in [-0.25, -0.2) is 4.98 Å². The second kappa shape index (κ2) is 13.2. The van der Waals surface area contributed by atoms with Crippen LogP contribution in [0.1, 0.15) is 103 Å². The van der Waals surface area contributed by atoms with Gasteiger partial charge in [0.05, 0.1) is 33.3 Å². The molecule has 0 saturated heterocycles. The number of rotatable bonds is 5. The van der Waals surface area contributed by atoms with E-state index in [0.29, 0.717) is 38.9 Å². The van der Waals surface area contributed by atoms with Gasteiger partial charge in [-0.3, -0.25) is 14.2 Å². The fourth-order valence-corrected chi connectivity index (χ4v) is 8.83. The minimum absolute atomic E-state index is 0.0665. The summed E-state index contributed by atoms with van der Waals surface area (Å²) >= 11 is 0. The predicted octanol–water partition coefficient (Wildman–Crippen LogP) is 13.1. The molecule has 0 spiro atoms. The Morgan fingerprint density at radius 1 is 0.500 bits per heavy atom. The van der Waals surface area contributed by atoms with Crippen molar-refractivity contribution in [1.29, 1.82) is 0 Å². The molecule has 0 amide bonds. The first-order valence-electron chi connectivity index (χ1n) is 20.6. The van der Waals surface area contributed by atoms with Crippen LogP contribution in [0, 0.1) is 0 Å². The number of aromatic nitrogens is 3. The Balaban J connectivity index is 1.29. The molecule has 5 heteroatoms. The quantitative estimate of drug-likeness (QED) is 0.130. The van der Waals surface area contributed by atoms with Gasteiger partial charge in [0.1, 0.15) is 5.82 Å². The summed E-state index contributed by atoms with van der Waals surface area (Å²) in [6.45, 7) is 22.1. The van der Waals surface area contributed by atoms with Crippen LogP contribution in [0.3, 0.4) is 0 Å². The number of fused-ring (bicyclic) bond motifs is 5. The van der Waals surface area contributed by atoms with Crippen LogP contribution >= 0.6 is 0 Å². The highest BCUT2D eigenvalue weighted by atomic mass is 16.1. The van der Waals surface area contributed by atoms with Gasteiger partial charge in [0.2, 0.25) is 0 Å². The van der Waals surface area contributed by atoms with Gasteiger partial charge in [-0.05, 0) is 105 Å². The highest BCUT2D eigenvalue weighted by molar-refractivity contribution is 6.09. The fourth-order valence-electron chi connectivity index (χ4n) is 8.83. The summed E-state index contributed by atoms with van der Waals surface area (Å²) in [6.07, 6.45) is 0. The Bertz CT molecular complexity index is 3080. The average Bonchev–Trinajstić information content (AvgIpc) is 3.58. The maximum absolute atomic E-state index is 14.6. The van der Waals surface area contributed by atoms with E-state index in [1.54, 1.807) is 0 Å². The summed E-state index contributed by atoms with van der Waals surface area (Å²) in [6, 6.07) is 39.8. The molecule has 0 fully saturated rings. The lowest BCUT2D eigenvalue weighted by Crippen LogP contribution is -2.17. The summed E-state index contributed by atoms with van der Waals surface area (Å²) in [5, 5.41) is 2.37. The van der Waals surface area contributed by atoms with Crippen molar-refractivity contribution < 1.29 is 0 Å². The summed E-state index contributed by atoms with van der Waals surface area (Å²) in [4.78, 5) is 34.5. The molecular weight excluding hydrogens is 711 g/mol. The first kappa shape index (κ1) is 37.5. The zero-order chi connectivity index (χ0) is 41.0. The van der Waals surface area contributed by atoms with Crippen molar-refractivity contribution in [1.82, 2.24) is 14.0 Å². The molecule has 0 aliphatic rings. The molecule has 0 saturated carbocycles. The van der Waals surface area contributed by atoms with E-state index in [-0.39, 0.29) is 21.7 Å². The summed E-state index contributed by atoms with van der Waals surface area (Å²) < 4.78 is 4.52. The van der Waals surface area contributed by atoms with Crippen molar-refractivity contribution >= 4 is 49.1 Å². The lowest BCUT2D eigenvalue weighted by atomic mass is 9.85. The number of pyridine rings is 2. The molecule has 3 aromatic heterocycles. The Kier molecular flexibility index (Phi) is 8.56. The number of para-hydroxylation sites is 3. The van der Waals surface area contributed by atoms with Crippen molar-refractivity contribution in [2.24, 2.45) is 0 Å². The Morgan fingerprint density at radius 2 is 1.00 bits per heavy atom. The highest BCUT2D eigenvalue weighted by Crippen LogP contribution is 2.39. The molecule has 0 bridgehead atoms. The predicted molar refractivity (Wildman–Crippen MR) is 245 cm³/mol. The van der Waals surface area contributed by atoms with Gasteiger partial charge >= 0.3 is 0 Å². The van der Waals surface area contributed by atoms with E-state index in [1.807, 2.05) is 30.3 Å². The van der Waals surface area contributed by atoms with E-state index in [1.165, 1.54) is 16.8 Å². The van der Waals surface area contributed by atoms with Gasteiger partial charge in [-0.15, -0.1) is 0 Å². The topological polar surface area (TPSA) is 56.4 Å². The first-order valence-corrected chi connectivity index (χ1v) is 20.6. The molecule has 0 N–H and O–H groups in total. The van der Waals surface area contributed by atoms with Crippen LogP contribution in [0.2, 0.25) is 0 Å². The van der Waals surface area contributed by atoms with Crippen LogP contribution in [-0.4, -0.2) is 14.0 Å². The van der Waals surface area contributed by atoms with Crippen molar-refractivity contribution in [3.63, 3.8) is 0 Å². The molecule has 0 aliphatic heterocycles. The molecule has 5 nitrogen and oxygen atoms in total. The average molecular weight is 762 g/mol. The Hall–Kier alpha value is -6.07. The van der Waals surface area contributed by atoms with Crippen molar-refractivity contribution in [2.45, 2.75) is 91.9 Å². The van der Waals surface area contributed by atoms with E-state index in [0.717, 1.165) is 55.7 Å². The second-order valence-corrected chi connectivity index (χ2v) is 18.8. The monoisotopic (exact) mass is 761 g/mol. The molecule has 6 aromatic carbocycles. The molecule has 9 aromatic rings. The van der Waals surface area contributed by atoms with Gasteiger partial charge in [0.15, 0.2) is 10.9 Å². The van der Waals surface area contributed by atoms with Crippen LogP contribution in [0.4, 0.5) is 0 Å². The normalized spacial score (nSPS) is 12.8. The van der Waals surface area contributed by atoms with E-state index in [2.05, 4.69) is 163 Å². The first-order chi connectivity index (χ1) is 27.5. The third kappa shape index (κ3) is 5.85. The van der Waals surface area contributed by atoms with E-state index < -0.39 is 0 Å². The van der Waals surface area contributed by atoms with Crippen molar-refractivity contribution in [3.8, 4) is 28.2 Å². The minimum atomic E-state index is -0.128. The Morgan fingerprint density at radius 3 is 1.50 bits per heavy atom. The zero-order valence-corrected chi connectivity index (χ0v) is 35.3. The standard InChI is InChI=1S/C53H51N3O2/c1-30(2)37-14-13-15-38(31(3)4)47(37)56-44-17-12-11-16-43(44)54-51(56)33-20-18-32(19-21-33)34-26-41-48-42(27-34)50(58)40-25-23-36(53(8,9)10)29-46(40)55(48)45-28-35(52(5,6)7)22-24-39(45)49(41)57/h11-31H,1-10H3. The van der Waals surface area contributed by atoms with Gasteiger partial charge in [-0.1, -0.05) is 136 Å². The van der Waals surface area contributed by atoms with Crippen molar-refractivity contribution in [3.05, 3.63) is 158 Å². The Labute approximate surface area is 340 Å². The lowest BCUT2D eigenvalue weighted by Gasteiger charge is -2.23. The molecular formula is C53H51N3O2. The number of nitrogens with zero attached hydrogens (tertiary/aromatic N) is 3. The van der Waals surface area contributed by atoms with Crippen LogP contribution in [0.5, 0.6) is 0 Å². The number of benzene rings is 6. The molecule has 58 heavy (non-hydrogen) atoms. The number of imidazole rings is 1. The fraction of sp³-hybridized carbons (Fsp3) is 0.264. The maximum Gasteiger partial charge on any atom is 0.197 e. The lowest BCUT2D eigenvalue weighted by molar-refractivity contribution is 0.591. The largest absolute Gasteiger partial charge is 0.307 e. The number of hydrogen-bond donors (Lipinski definition) is 0. The third-order valence-corrected chi connectivity index (χ3v) is 12.1.